The molecule has 1 atom stereocenters. The van der Waals surface area contributed by atoms with Crippen LogP contribution in [-0.2, 0) is 9.53 Å². The zero-order chi connectivity index (χ0) is 10.6. The van der Waals surface area contributed by atoms with Gasteiger partial charge in [-0.05, 0) is 24.6 Å². The summed E-state index contributed by atoms with van der Waals surface area (Å²) >= 11 is 0. The molecule has 1 rings (SSSR count). The molecule has 0 aliphatic rings. The fourth-order valence-corrected chi connectivity index (χ4v) is 1.21. The summed E-state index contributed by atoms with van der Waals surface area (Å²) < 4.78 is 9.67. The highest BCUT2D eigenvalue weighted by molar-refractivity contribution is 5.77. The van der Waals surface area contributed by atoms with Gasteiger partial charge in [0.2, 0.25) is 0 Å². The van der Waals surface area contributed by atoms with Gasteiger partial charge in [0.1, 0.15) is 5.75 Å². The third kappa shape index (κ3) is 2.25. The van der Waals surface area contributed by atoms with Crippen molar-refractivity contribution in [1.82, 2.24) is 0 Å². The first-order chi connectivity index (χ1) is 6.69. The van der Waals surface area contributed by atoms with E-state index >= 15 is 0 Å². The van der Waals surface area contributed by atoms with E-state index in [2.05, 4.69) is 4.74 Å². The molecule has 0 saturated heterocycles. The monoisotopic (exact) mass is 194 g/mol. The van der Waals surface area contributed by atoms with Gasteiger partial charge in [-0.2, -0.15) is 0 Å². The van der Waals surface area contributed by atoms with Crippen LogP contribution in [0.4, 0.5) is 0 Å². The quantitative estimate of drug-likeness (QED) is 0.690. The third-order valence-corrected chi connectivity index (χ3v) is 2.17. The van der Waals surface area contributed by atoms with E-state index in [0.717, 1.165) is 11.3 Å². The van der Waals surface area contributed by atoms with Gasteiger partial charge in [-0.15, -0.1) is 0 Å². The highest BCUT2D eigenvalue weighted by Crippen LogP contribution is 2.19. The van der Waals surface area contributed by atoms with Crippen molar-refractivity contribution < 1.29 is 14.3 Å². The van der Waals surface area contributed by atoms with E-state index in [1.165, 1.54) is 7.11 Å². The van der Waals surface area contributed by atoms with Crippen LogP contribution in [-0.4, -0.2) is 20.2 Å². The standard InChI is InChI=1S/C11H14O3/c1-8(11(12)14-3)9-4-6-10(13-2)7-5-9/h4-8H,1-3H3. The Morgan fingerprint density at radius 3 is 2.21 bits per heavy atom. The number of rotatable bonds is 3. The average molecular weight is 194 g/mol. The Hall–Kier alpha value is -1.51. The summed E-state index contributed by atoms with van der Waals surface area (Å²) in [6, 6.07) is 7.38. The minimum Gasteiger partial charge on any atom is -0.497 e. The minimum absolute atomic E-state index is 0.227. The zero-order valence-corrected chi connectivity index (χ0v) is 8.61. The van der Waals surface area contributed by atoms with Gasteiger partial charge in [0.25, 0.3) is 0 Å². The molecule has 0 spiro atoms. The molecule has 1 unspecified atom stereocenters. The summed E-state index contributed by atoms with van der Waals surface area (Å²) in [4.78, 5) is 11.2. The topological polar surface area (TPSA) is 35.5 Å². The Morgan fingerprint density at radius 2 is 1.79 bits per heavy atom. The Morgan fingerprint density at radius 1 is 1.21 bits per heavy atom. The number of esters is 1. The molecule has 76 valence electrons. The van der Waals surface area contributed by atoms with Crippen molar-refractivity contribution in [1.29, 1.82) is 0 Å². The maximum absolute atomic E-state index is 11.2. The number of benzene rings is 1. The number of hydrogen-bond acceptors (Lipinski definition) is 3. The highest BCUT2D eigenvalue weighted by Gasteiger charge is 2.14. The lowest BCUT2D eigenvalue weighted by atomic mass is 10.0. The Bertz CT molecular complexity index is 303. The lowest BCUT2D eigenvalue weighted by Gasteiger charge is -2.09. The molecular formula is C11H14O3. The van der Waals surface area contributed by atoms with Crippen LogP contribution >= 0.6 is 0 Å². The molecular weight excluding hydrogens is 180 g/mol. The molecule has 0 aromatic heterocycles. The Kier molecular flexibility index (Phi) is 3.51. The molecule has 0 heterocycles. The first-order valence-corrected chi connectivity index (χ1v) is 4.40. The van der Waals surface area contributed by atoms with E-state index in [9.17, 15) is 4.79 Å². The third-order valence-electron chi connectivity index (χ3n) is 2.17. The number of hydrogen-bond donors (Lipinski definition) is 0. The van der Waals surface area contributed by atoms with Crippen molar-refractivity contribution in [3.05, 3.63) is 29.8 Å². The molecule has 0 N–H and O–H groups in total. The van der Waals surface area contributed by atoms with Crippen molar-refractivity contribution in [2.24, 2.45) is 0 Å². The van der Waals surface area contributed by atoms with E-state index in [0.29, 0.717) is 0 Å². The van der Waals surface area contributed by atoms with Crippen molar-refractivity contribution in [2.45, 2.75) is 12.8 Å². The van der Waals surface area contributed by atoms with Crippen LogP contribution in [0.5, 0.6) is 5.75 Å². The van der Waals surface area contributed by atoms with Gasteiger partial charge in [-0.1, -0.05) is 12.1 Å². The predicted molar refractivity (Wildman–Crippen MR) is 53.4 cm³/mol. The van der Waals surface area contributed by atoms with Gasteiger partial charge in [-0.3, -0.25) is 4.79 Å². The van der Waals surface area contributed by atoms with Crippen LogP contribution in [0.2, 0.25) is 0 Å². The van der Waals surface area contributed by atoms with Crippen molar-refractivity contribution in [2.75, 3.05) is 14.2 Å². The first kappa shape index (κ1) is 10.6. The average Bonchev–Trinajstić information content (AvgIpc) is 2.27. The number of methoxy groups -OCH3 is 2. The van der Waals surface area contributed by atoms with Gasteiger partial charge in [0, 0.05) is 0 Å². The second-order valence-electron chi connectivity index (χ2n) is 3.02. The molecule has 1 aromatic carbocycles. The molecule has 0 amide bonds. The van der Waals surface area contributed by atoms with Crippen molar-refractivity contribution in [3.8, 4) is 5.75 Å². The van der Waals surface area contributed by atoms with Crippen LogP contribution in [0, 0.1) is 0 Å². The second-order valence-corrected chi connectivity index (χ2v) is 3.02. The first-order valence-electron chi connectivity index (χ1n) is 4.40. The number of carbonyl (C=O) groups is 1. The summed E-state index contributed by atoms with van der Waals surface area (Å²) in [7, 11) is 3.00. The molecule has 0 fully saturated rings. The van der Waals surface area contributed by atoms with Crippen LogP contribution in [0.1, 0.15) is 18.4 Å². The maximum Gasteiger partial charge on any atom is 0.312 e. The van der Waals surface area contributed by atoms with Crippen LogP contribution in [0.15, 0.2) is 24.3 Å². The van der Waals surface area contributed by atoms with E-state index in [1.807, 2.05) is 31.2 Å². The molecule has 0 bridgehead atoms. The van der Waals surface area contributed by atoms with Crippen molar-refractivity contribution in [3.63, 3.8) is 0 Å². The summed E-state index contributed by atoms with van der Waals surface area (Å²) in [5, 5.41) is 0. The molecule has 0 radical (unpaired) electrons. The summed E-state index contributed by atoms with van der Waals surface area (Å²) in [5.41, 5.74) is 0.928. The number of carbonyl (C=O) groups excluding carboxylic acids is 1. The van der Waals surface area contributed by atoms with Gasteiger partial charge in [-0.25, -0.2) is 0 Å². The van der Waals surface area contributed by atoms with Gasteiger partial charge in [0.15, 0.2) is 0 Å². The zero-order valence-electron chi connectivity index (χ0n) is 8.61. The van der Waals surface area contributed by atoms with Gasteiger partial charge >= 0.3 is 5.97 Å². The summed E-state index contributed by atoms with van der Waals surface area (Å²) in [6.07, 6.45) is 0. The highest BCUT2D eigenvalue weighted by atomic mass is 16.5. The molecule has 0 saturated carbocycles. The largest absolute Gasteiger partial charge is 0.497 e. The fourth-order valence-electron chi connectivity index (χ4n) is 1.21. The van der Waals surface area contributed by atoms with Crippen LogP contribution < -0.4 is 4.74 Å². The normalized spacial score (nSPS) is 11.9. The second kappa shape index (κ2) is 4.65. The van der Waals surface area contributed by atoms with E-state index in [-0.39, 0.29) is 11.9 Å². The molecule has 0 aliphatic carbocycles. The Balaban J connectivity index is 2.81. The van der Waals surface area contributed by atoms with Crippen LogP contribution in [0.3, 0.4) is 0 Å². The molecule has 3 heteroatoms. The molecule has 3 nitrogen and oxygen atoms in total. The number of ether oxygens (including phenoxy) is 2. The lowest BCUT2D eigenvalue weighted by Crippen LogP contribution is -2.10. The van der Waals surface area contributed by atoms with Crippen LogP contribution in [0.25, 0.3) is 0 Å². The van der Waals surface area contributed by atoms with E-state index in [1.54, 1.807) is 7.11 Å². The predicted octanol–water partition coefficient (Wildman–Crippen LogP) is 1.97. The molecule has 0 aliphatic heterocycles. The molecule has 14 heavy (non-hydrogen) atoms. The van der Waals surface area contributed by atoms with E-state index in [4.69, 9.17) is 4.74 Å². The summed E-state index contributed by atoms with van der Waals surface area (Å²) in [6.45, 7) is 1.81. The van der Waals surface area contributed by atoms with E-state index < -0.39 is 0 Å². The molecule has 1 aromatic rings. The van der Waals surface area contributed by atoms with Gasteiger partial charge < -0.3 is 9.47 Å². The minimum atomic E-state index is -0.231. The summed E-state index contributed by atoms with van der Waals surface area (Å²) in [5.74, 6) is 0.326. The SMILES string of the molecule is COC(=O)C(C)c1ccc(OC)cc1. The smallest absolute Gasteiger partial charge is 0.312 e. The lowest BCUT2D eigenvalue weighted by molar-refractivity contribution is -0.141. The maximum atomic E-state index is 11.2. The van der Waals surface area contributed by atoms with Gasteiger partial charge in [0.05, 0.1) is 20.1 Å². The van der Waals surface area contributed by atoms with Crippen molar-refractivity contribution >= 4 is 5.97 Å². The Labute approximate surface area is 83.6 Å². The fraction of sp³-hybridized carbons (Fsp3) is 0.364.